The number of halogens is 3. The third-order valence-electron chi connectivity index (χ3n) is 3.18. The largest absolute Gasteiger partial charge is 0.388 e. The maximum absolute atomic E-state index is 13.5. The van der Waals surface area contributed by atoms with E-state index < -0.39 is 23.6 Å². The van der Waals surface area contributed by atoms with Gasteiger partial charge in [0.05, 0.1) is 6.10 Å². The summed E-state index contributed by atoms with van der Waals surface area (Å²) >= 11 is 1.46. The van der Waals surface area contributed by atoms with Crippen molar-refractivity contribution in [2.45, 2.75) is 32.0 Å². The van der Waals surface area contributed by atoms with Gasteiger partial charge in [-0.05, 0) is 30.9 Å². The lowest BCUT2D eigenvalue weighted by Gasteiger charge is -2.17. The van der Waals surface area contributed by atoms with E-state index in [1.807, 2.05) is 24.4 Å². The Morgan fingerprint density at radius 1 is 1.19 bits per heavy atom. The summed E-state index contributed by atoms with van der Waals surface area (Å²) in [7, 11) is 0. The second-order valence-electron chi connectivity index (χ2n) is 4.91. The molecule has 6 heteroatoms. The topological polar surface area (TPSA) is 32.3 Å². The van der Waals surface area contributed by atoms with Crippen LogP contribution < -0.4 is 5.32 Å². The Labute approximate surface area is 125 Å². The van der Waals surface area contributed by atoms with E-state index in [4.69, 9.17) is 0 Å². The quantitative estimate of drug-likeness (QED) is 0.795. The van der Waals surface area contributed by atoms with Crippen molar-refractivity contribution >= 4 is 11.3 Å². The van der Waals surface area contributed by atoms with Crippen LogP contribution in [-0.4, -0.2) is 11.1 Å². The first-order valence-electron chi connectivity index (χ1n) is 6.55. The number of rotatable bonds is 6. The SMILES string of the molecule is CC(CC(O)c1cccs1)NCc1cc(F)c(F)cc1F. The Hall–Kier alpha value is -1.37. The monoisotopic (exact) mass is 315 g/mol. The first kappa shape index (κ1) is 16.0. The van der Waals surface area contributed by atoms with E-state index in [1.165, 1.54) is 11.3 Å². The summed E-state index contributed by atoms with van der Waals surface area (Å²) in [6.45, 7) is 1.91. The van der Waals surface area contributed by atoms with Gasteiger partial charge in [-0.1, -0.05) is 6.07 Å². The average molecular weight is 315 g/mol. The predicted molar refractivity (Wildman–Crippen MR) is 76.5 cm³/mol. The molecule has 2 nitrogen and oxygen atoms in total. The van der Waals surface area contributed by atoms with Crippen LogP contribution >= 0.6 is 11.3 Å². The van der Waals surface area contributed by atoms with E-state index in [1.54, 1.807) is 0 Å². The lowest BCUT2D eigenvalue weighted by Crippen LogP contribution is -2.27. The standard InChI is InChI=1S/C15H16F3NOS/c1-9(5-14(20)15-3-2-4-21-15)19-8-10-6-12(17)13(18)7-11(10)16/h2-4,6-7,9,14,19-20H,5,8H2,1H3. The lowest BCUT2D eigenvalue weighted by molar-refractivity contribution is 0.157. The number of hydrogen-bond donors (Lipinski definition) is 2. The van der Waals surface area contributed by atoms with Crippen LogP contribution in [0.4, 0.5) is 13.2 Å². The second kappa shape index (κ2) is 7.06. The first-order chi connectivity index (χ1) is 9.97. The van der Waals surface area contributed by atoms with E-state index in [2.05, 4.69) is 5.32 Å². The molecular formula is C15H16F3NOS. The number of nitrogens with one attached hydrogen (secondary N) is 1. The fourth-order valence-corrected chi connectivity index (χ4v) is 2.72. The summed E-state index contributed by atoms with van der Waals surface area (Å²) in [5.41, 5.74) is 0.0614. The molecule has 0 saturated carbocycles. The minimum absolute atomic E-state index is 0.0614. The number of benzene rings is 1. The highest BCUT2D eigenvalue weighted by Gasteiger charge is 2.14. The summed E-state index contributed by atoms with van der Waals surface area (Å²) < 4.78 is 39.4. The summed E-state index contributed by atoms with van der Waals surface area (Å²) in [4.78, 5) is 0.864. The number of aliphatic hydroxyl groups is 1. The highest BCUT2D eigenvalue weighted by Crippen LogP contribution is 2.23. The molecule has 21 heavy (non-hydrogen) atoms. The van der Waals surface area contributed by atoms with Crippen molar-refractivity contribution in [1.29, 1.82) is 0 Å². The smallest absolute Gasteiger partial charge is 0.161 e. The summed E-state index contributed by atoms with van der Waals surface area (Å²) in [6, 6.07) is 4.99. The van der Waals surface area contributed by atoms with Crippen molar-refractivity contribution in [3.63, 3.8) is 0 Å². The normalized spacial score (nSPS) is 14.1. The van der Waals surface area contributed by atoms with Gasteiger partial charge in [-0.2, -0.15) is 0 Å². The molecule has 0 saturated heterocycles. The zero-order valence-corrected chi connectivity index (χ0v) is 12.3. The lowest BCUT2D eigenvalue weighted by atomic mass is 10.1. The van der Waals surface area contributed by atoms with Gasteiger partial charge in [0.1, 0.15) is 5.82 Å². The molecule has 114 valence electrons. The van der Waals surface area contributed by atoms with Crippen molar-refractivity contribution in [3.8, 4) is 0 Å². The van der Waals surface area contributed by atoms with Crippen LogP contribution in [0.3, 0.4) is 0 Å². The van der Waals surface area contributed by atoms with Crippen LogP contribution in [-0.2, 0) is 6.54 Å². The Balaban J connectivity index is 1.89. The van der Waals surface area contributed by atoms with E-state index >= 15 is 0 Å². The predicted octanol–water partition coefficient (Wildman–Crippen LogP) is 3.77. The van der Waals surface area contributed by atoms with Gasteiger partial charge in [-0.15, -0.1) is 11.3 Å². The maximum Gasteiger partial charge on any atom is 0.161 e. The van der Waals surface area contributed by atoms with E-state index in [0.717, 1.165) is 10.9 Å². The van der Waals surface area contributed by atoms with Gasteiger partial charge in [0.15, 0.2) is 11.6 Å². The molecule has 1 heterocycles. The molecule has 0 aliphatic carbocycles. The van der Waals surface area contributed by atoms with Crippen molar-refractivity contribution in [1.82, 2.24) is 5.32 Å². The van der Waals surface area contributed by atoms with E-state index in [0.29, 0.717) is 12.5 Å². The van der Waals surface area contributed by atoms with Gasteiger partial charge in [0.2, 0.25) is 0 Å². The van der Waals surface area contributed by atoms with Gasteiger partial charge in [-0.25, -0.2) is 13.2 Å². The summed E-state index contributed by atoms with van der Waals surface area (Å²) in [5.74, 6) is -3.05. The van der Waals surface area contributed by atoms with Crippen molar-refractivity contribution in [2.75, 3.05) is 0 Å². The second-order valence-corrected chi connectivity index (χ2v) is 5.89. The third kappa shape index (κ3) is 4.30. The van der Waals surface area contributed by atoms with Crippen molar-refractivity contribution in [2.24, 2.45) is 0 Å². The van der Waals surface area contributed by atoms with Crippen LogP contribution in [0.5, 0.6) is 0 Å². The molecule has 1 aromatic carbocycles. The molecular weight excluding hydrogens is 299 g/mol. The third-order valence-corrected chi connectivity index (χ3v) is 4.15. The Kier molecular flexibility index (Phi) is 5.39. The molecule has 2 N–H and O–H groups in total. The first-order valence-corrected chi connectivity index (χ1v) is 7.43. The number of aliphatic hydroxyl groups excluding tert-OH is 1. The van der Waals surface area contributed by atoms with Crippen molar-refractivity contribution < 1.29 is 18.3 Å². The molecule has 1 aromatic heterocycles. The van der Waals surface area contributed by atoms with Crippen LogP contribution in [0, 0.1) is 17.5 Å². The molecule has 0 radical (unpaired) electrons. The van der Waals surface area contributed by atoms with Crippen LogP contribution in [0.2, 0.25) is 0 Å². The van der Waals surface area contributed by atoms with Crippen LogP contribution in [0.25, 0.3) is 0 Å². The van der Waals surface area contributed by atoms with Crippen molar-refractivity contribution in [3.05, 3.63) is 57.5 Å². The molecule has 0 amide bonds. The molecule has 0 bridgehead atoms. The minimum Gasteiger partial charge on any atom is -0.388 e. The highest BCUT2D eigenvalue weighted by atomic mass is 32.1. The molecule has 2 unspecified atom stereocenters. The molecule has 0 spiro atoms. The average Bonchev–Trinajstić information content (AvgIpc) is 2.95. The van der Waals surface area contributed by atoms with E-state index in [-0.39, 0.29) is 18.2 Å². The van der Waals surface area contributed by atoms with Gasteiger partial charge in [-0.3, -0.25) is 0 Å². The molecule has 2 rings (SSSR count). The maximum atomic E-state index is 13.5. The van der Waals surface area contributed by atoms with Gasteiger partial charge >= 0.3 is 0 Å². The van der Waals surface area contributed by atoms with Crippen LogP contribution in [0.1, 0.15) is 29.9 Å². The summed E-state index contributed by atoms with van der Waals surface area (Å²) in [6.07, 6.45) is -0.145. The zero-order valence-electron chi connectivity index (χ0n) is 11.4. The summed E-state index contributed by atoms with van der Waals surface area (Å²) in [5, 5.41) is 14.9. The fraction of sp³-hybridized carbons (Fsp3) is 0.333. The fourth-order valence-electron chi connectivity index (χ4n) is 2.00. The van der Waals surface area contributed by atoms with Crippen LogP contribution in [0.15, 0.2) is 29.6 Å². The minimum atomic E-state index is -1.20. The molecule has 0 fully saturated rings. The Morgan fingerprint density at radius 2 is 1.90 bits per heavy atom. The van der Waals surface area contributed by atoms with Gasteiger partial charge in [0, 0.05) is 29.1 Å². The molecule has 2 atom stereocenters. The van der Waals surface area contributed by atoms with E-state index in [9.17, 15) is 18.3 Å². The van der Waals surface area contributed by atoms with Gasteiger partial charge < -0.3 is 10.4 Å². The molecule has 0 aliphatic heterocycles. The van der Waals surface area contributed by atoms with Gasteiger partial charge in [0.25, 0.3) is 0 Å². The molecule has 2 aromatic rings. The number of hydrogen-bond acceptors (Lipinski definition) is 3. The zero-order chi connectivity index (χ0) is 15.4. The Morgan fingerprint density at radius 3 is 2.57 bits per heavy atom. The Bertz CT molecular complexity index is 589. The number of thiophene rings is 1. The highest BCUT2D eigenvalue weighted by molar-refractivity contribution is 7.10. The molecule has 0 aliphatic rings.